The number of primary amides is 1. The van der Waals surface area contributed by atoms with Crippen LogP contribution in [-0.2, 0) is 111 Å². The number of nitrogens with zero attached hydrogens (tertiary/aromatic N) is 5. The summed E-state index contributed by atoms with van der Waals surface area (Å²) in [5, 5.41) is 51.9. The van der Waals surface area contributed by atoms with Crippen molar-refractivity contribution in [2.45, 2.75) is 236 Å². The summed E-state index contributed by atoms with van der Waals surface area (Å²) in [6, 6.07) is 0.455. The number of carbonyl (C=O) groups excluding carboxylic acids is 17. The topological polar surface area (TPSA) is 597 Å². The van der Waals surface area contributed by atoms with Crippen LogP contribution in [0.2, 0.25) is 0 Å². The lowest BCUT2D eigenvalue weighted by atomic mass is 9.99. The van der Waals surface area contributed by atoms with E-state index in [4.69, 9.17) is 11.5 Å². The first-order chi connectivity index (χ1) is 63.5. The summed E-state index contributed by atoms with van der Waals surface area (Å²) >= 11 is 0.772. The van der Waals surface area contributed by atoms with E-state index >= 15 is 28.8 Å². The number of aromatic nitrogens is 2. The van der Waals surface area contributed by atoms with Crippen molar-refractivity contribution in [3.8, 4) is 5.75 Å². The number of fused-ring (bicyclic) bond motifs is 4. The van der Waals surface area contributed by atoms with E-state index in [0.717, 1.165) is 32.7 Å². The average molecular weight is 1910 g/mol. The summed E-state index contributed by atoms with van der Waals surface area (Å²) in [7, 11) is 0.460. The maximum absolute atomic E-state index is 15.6. The number of hydrogen-bond acceptors (Lipinski definition) is 23. The highest BCUT2D eigenvalue weighted by Gasteiger charge is 2.46. The van der Waals surface area contributed by atoms with Gasteiger partial charge in [-0.05, 0) is 98.2 Å². The van der Waals surface area contributed by atoms with Gasteiger partial charge < -0.3 is 115 Å². The lowest BCUT2D eigenvalue weighted by Crippen LogP contribution is -2.61. The van der Waals surface area contributed by atoms with Crippen molar-refractivity contribution >= 4 is 144 Å². The third-order valence-electron chi connectivity index (χ3n) is 24.0. The normalized spacial score (nSPS) is 24.5. The lowest BCUT2D eigenvalue weighted by Gasteiger charge is -2.36. The van der Waals surface area contributed by atoms with Gasteiger partial charge in [-0.25, -0.2) is 8.42 Å². The first-order valence-corrected chi connectivity index (χ1v) is 48.7. The maximum Gasteiger partial charge on any atom is 0.246 e. The molecule has 41 nitrogen and oxygen atoms in total. The van der Waals surface area contributed by atoms with Crippen molar-refractivity contribution in [2.75, 3.05) is 83.9 Å². The van der Waals surface area contributed by atoms with Crippen LogP contribution < -0.4 is 70.0 Å². The molecule has 134 heavy (non-hydrogen) atoms. The number of H-pyrrole nitrogens is 2. The SMILES string of the molecule is CCCCC[C@H]1C(=O)N[C@@H](CC(C)C)C(=O)N[C@H](C(=O)NCC(=O)NCCS(C)(=O)=O)CSCC(=O)N[C@@H](Cc2ccc(O)cc2)C(=O)N(C)[C@@H](C)C(=O)N[C@@H](CC(N)=O)C(=O)N2CCC[C@H]2C(=O)N[C@@H](CN)C(=O)N[C@@H](CC(C)C)C(=O)N2C[C@H](O)C[C@H]2C(=O)N[C@@H](Cc2c[nH]c3ccccc23)C(=O)NCC(=O)NC(Cc2c[nH]c3ccccc23)C(=O)N(C)[C@@H](CCCC)C(=O)N1C. The van der Waals surface area contributed by atoms with Gasteiger partial charge in [0, 0.05) is 119 Å². The molecule has 0 aliphatic carbocycles. The molecule has 17 amide bonds. The summed E-state index contributed by atoms with van der Waals surface area (Å²) in [4.78, 5) is 261. The molecule has 14 atom stereocenters. The van der Waals surface area contributed by atoms with Crippen LogP contribution in [0.25, 0.3) is 21.8 Å². The lowest BCUT2D eigenvalue weighted by molar-refractivity contribution is -0.149. The number of phenolic OH excluding ortho intramolecular Hbond substituents is 1. The molecule has 19 N–H and O–H groups in total. The zero-order valence-electron chi connectivity index (χ0n) is 77.9. The molecule has 1 unspecified atom stereocenters. The molecule has 2 aromatic heterocycles. The van der Waals surface area contributed by atoms with Crippen molar-refractivity contribution in [3.05, 3.63) is 102 Å². The number of aromatic hydroxyl groups is 1. The maximum atomic E-state index is 15.6. The number of phenols is 1. The quantitative estimate of drug-likeness (QED) is 0.0282. The molecular weight excluding hydrogens is 1770 g/mol. The van der Waals surface area contributed by atoms with Crippen LogP contribution in [0.4, 0.5) is 0 Å². The van der Waals surface area contributed by atoms with Crippen molar-refractivity contribution in [2.24, 2.45) is 23.3 Å². The first kappa shape index (κ1) is 107. The predicted octanol–water partition coefficient (Wildman–Crippen LogP) is -1.45. The Balaban J connectivity index is 1.17. The van der Waals surface area contributed by atoms with Gasteiger partial charge in [-0.15, -0.1) is 11.8 Å². The molecule has 0 spiro atoms. The van der Waals surface area contributed by atoms with Gasteiger partial charge in [-0.3, -0.25) is 81.5 Å². The summed E-state index contributed by atoms with van der Waals surface area (Å²) in [5.74, 6) is -17.5. The molecule has 5 aromatic rings. The van der Waals surface area contributed by atoms with Crippen LogP contribution in [0.15, 0.2) is 85.2 Å². The number of nitrogens with two attached hydrogens (primary N) is 2. The number of para-hydroxylation sites is 2. The van der Waals surface area contributed by atoms with E-state index in [1.54, 1.807) is 82.6 Å². The summed E-state index contributed by atoms with van der Waals surface area (Å²) in [6.45, 7) is 9.10. The molecule has 0 radical (unpaired) electrons. The molecule has 43 heteroatoms. The molecular formula is C91H132N20O21S2. The second-order valence-electron chi connectivity index (χ2n) is 35.5. The van der Waals surface area contributed by atoms with Crippen LogP contribution in [0, 0.1) is 11.8 Å². The van der Waals surface area contributed by atoms with Crippen LogP contribution in [0.1, 0.15) is 149 Å². The van der Waals surface area contributed by atoms with E-state index < -0.39 is 245 Å². The number of aromatic amines is 2. The molecule has 734 valence electrons. The number of sulfone groups is 1. The molecule has 3 saturated heterocycles. The summed E-state index contributed by atoms with van der Waals surface area (Å²) in [6.07, 6.45) is 3.76. The van der Waals surface area contributed by atoms with E-state index in [1.165, 1.54) is 62.1 Å². The number of aliphatic hydroxyl groups excluding tert-OH is 1. The van der Waals surface area contributed by atoms with Gasteiger partial charge in [0.05, 0.1) is 37.1 Å². The Morgan fingerprint density at radius 3 is 1.71 bits per heavy atom. The fourth-order valence-corrected chi connectivity index (χ4v) is 17.8. The van der Waals surface area contributed by atoms with Crippen molar-refractivity contribution in [1.29, 1.82) is 0 Å². The van der Waals surface area contributed by atoms with Crippen LogP contribution in [0.3, 0.4) is 0 Å². The minimum absolute atomic E-state index is 0.0108. The number of rotatable bonds is 26. The Hall–Kier alpha value is -12.3. The molecule has 3 aliphatic heterocycles. The van der Waals surface area contributed by atoms with E-state index in [2.05, 4.69) is 68.5 Å². The largest absolute Gasteiger partial charge is 0.508 e. The fraction of sp³-hybridized carbons (Fsp3) is 0.571. The summed E-state index contributed by atoms with van der Waals surface area (Å²) < 4.78 is 23.9. The molecule has 3 fully saturated rings. The molecule has 5 heterocycles. The van der Waals surface area contributed by atoms with Gasteiger partial charge in [0.2, 0.25) is 100 Å². The van der Waals surface area contributed by atoms with E-state index in [-0.39, 0.29) is 94.9 Å². The molecule has 0 bridgehead atoms. The number of amides is 17. The number of thioether (sulfide) groups is 1. The monoisotopic (exact) mass is 1900 g/mol. The molecule has 3 aliphatic rings. The highest BCUT2D eigenvalue weighted by Crippen LogP contribution is 2.28. The van der Waals surface area contributed by atoms with Crippen LogP contribution >= 0.6 is 11.8 Å². The Bertz CT molecular complexity index is 5130. The number of carbonyl (C=O) groups is 17. The molecule has 8 rings (SSSR count). The smallest absolute Gasteiger partial charge is 0.246 e. The van der Waals surface area contributed by atoms with E-state index in [9.17, 15) is 71.4 Å². The Morgan fingerprint density at radius 1 is 0.560 bits per heavy atom. The van der Waals surface area contributed by atoms with Crippen molar-refractivity contribution in [1.82, 2.24) is 93.0 Å². The number of benzene rings is 3. The van der Waals surface area contributed by atoms with E-state index in [1.807, 2.05) is 19.9 Å². The third kappa shape index (κ3) is 30.9. The van der Waals surface area contributed by atoms with E-state index in [0.29, 0.717) is 70.6 Å². The van der Waals surface area contributed by atoms with Gasteiger partial charge >= 0.3 is 0 Å². The van der Waals surface area contributed by atoms with Gasteiger partial charge in [0.25, 0.3) is 0 Å². The van der Waals surface area contributed by atoms with Crippen LogP contribution in [-0.4, -0.2) is 322 Å². The number of unbranched alkanes of at least 4 members (excludes halogenated alkanes) is 3. The fourth-order valence-electron chi connectivity index (χ4n) is 16.5. The second-order valence-corrected chi connectivity index (χ2v) is 38.8. The standard InChI is InChI=1S/C91H132N20O21S2/c1-12-14-16-27-71-84(123)101-63(36-51(3)4)82(121)106-70(81(120)97-46-76(115)94-33-35-134(11,131)132)49-133-50-78(117)100-66(38-54-29-31-57(112)32-30-54)87(126)107(8)53(7)79(118)103-68(42-75(93)114)89(128)110-34-21-28-72(110)85(124)105-69(43-92)83(122)104-65(37-52(5)6)90(129)111-48-58(113)41-74(111)86(125)102-64(39-55-44-95-61-24-19-17-22-59(55)61)80(119)98-47-77(116)99-67(40-56-45-96-62-25-20-18-23-60(56)62)88(127)109(10)73(26-15-13-2)91(130)108(71)9/h17-20,22-25,29-32,44-45,51-53,58,63-74,95-96,112-113H,12-16,21,26-28,33-43,46-50,92H2,1-11H3,(H2,93,114)(H,94,115)(H,97,120)(H,98,119)(H,99,116)(H,100,117)(H,101,123)(H,102,125)(H,103,118)(H,104,122)(H,105,124)(H,106,121)/t53-,58+,63-,64-,65-,66-,67?,68-,69-,70-,71-,72-,73-,74-/m0/s1. The number of likely N-dealkylation sites (N-methyl/N-ethyl adjacent to an activating group) is 3. The van der Waals surface area contributed by atoms with Gasteiger partial charge in [0.1, 0.15) is 94.1 Å². The highest BCUT2D eigenvalue weighted by molar-refractivity contribution is 8.00. The van der Waals surface area contributed by atoms with Crippen LogP contribution in [0.5, 0.6) is 5.75 Å². The number of nitrogens with one attached hydrogen (secondary N) is 13. The van der Waals surface area contributed by atoms with Crippen molar-refractivity contribution < 1.29 is 100 Å². The Labute approximate surface area is 783 Å². The predicted molar refractivity (Wildman–Crippen MR) is 499 cm³/mol. The van der Waals surface area contributed by atoms with Crippen molar-refractivity contribution in [3.63, 3.8) is 0 Å². The van der Waals surface area contributed by atoms with Gasteiger partial charge in [-0.1, -0.05) is 122 Å². The zero-order chi connectivity index (χ0) is 98.5. The Kier molecular flexibility index (Phi) is 40.5. The second kappa shape index (κ2) is 50.7. The minimum atomic E-state index is -3.54. The highest BCUT2D eigenvalue weighted by atomic mass is 32.2. The number of hydrogen-bond donors (Lipinski definition) is 17. The van der Waals surface area contributed by atoms with Gasteiger partial charge in [-0.2, -0.15) is 0 Å². The van der Waals surface area contributed by atoms with Gasteiger partial charge in [0.15, 0.2) is 0 Å². The molecule has 3 aromatic carbocycles. The first-order valence-electron chi connectivity index (χ1n) is 45.5. The average Bonchev–Trinajstić information content (AvgIpc) is 1.66. The number of aliphatic hydroxyl groups is 1. The Morgan fingerprint density at radius 2 is 1.10 bits per heavy atom. The zero-order valence-corrected chi connectivity index (χ0v) is 79.5. The minimum Gasteiger partial charge on any atom is -0.508 e. The third-order valence-corrected chi connectivity index (χ3v) is 25.9. The summed E-state index contributed by atoms with van der Waals surface area (Å²) in [5.41, 5.74) is 14.7. The molecule has 0 saturated carbocycles.